The molecule has 8 heteroatoms. The lowest BCUT2D eigenvalue weighted by Gasteiger charge is -2.35. The van der Waals surface area contributed by atoms with Crippen LogP contribution in [0.25, 0.3) is 0 Å². The van der Waals surface area contributed by atoms with Crippen molar-refractivity contribution in [2.45, 2.75) is 43.9 Å². The van der Waals surface area contributed by atoms with Crippen molar-refractivity contribution in [3.8, 4) is 0 Å². The van der Waals surface area contributed by atoms with Crippen LogP contribution in [0.5, 0.6) is 0 Å². The van der Waals surface area contributed by atoms with E-state index in [0.29, 0.717) is 6.04 Å². The summed E-state index contributed by atoms with van der Waals surface area (Å²) in [5.41, 5.74) is 4.37. The minimum Gasteiger partial charge on any atom is -0.368 e. The molecule has 0 amide bonds. The average molecular weight is 301 g/mol. The number of nitrogens with one attached hydrogen (secondary N) is 1. The van der Waals surface area contributed by atoms with Crippen LogP contribution >= 0.6 is 0 Å². The predicted molar refractivity (Wildman–Crippen MR) is 72.7 cm³/mol. The summed E-state index contributed by atoms with van der Waals surface area (Å²) in [5, 5.41) is 3.09. The first-order chi connectivity index (χ1) is 9.91. The Labute approximate surface area is 120 Å². The van der Waals surface area contributed by atoms with E-state index in [1.807, 2.05) is 0 Å². The largest absolute Gasteiger partial charge is 0.433 e. The Hall–Kier alpha value is -1.57. The number of nitrogens with zero attached hydrogens (tertiary/aromatic N) is 3. The number of piperidine rings is 1. The van der Waals surface area contributed by atoms with Crippen LogP contribution < -0.4 is 11.1 Å². The van der Waals surface area contributed by atoms with Gasteiger partial charge in [-0.2, -0.15) is 18.2 Å². The first-order valence-electron chi connectivity index (χ1n) is 7.14. The number of anilines is 2. The lowest BCUT2D eigenvalue weighted by atomic mass is 9.97. The molecule has 0 bridgehead atoms. The van der Waals surface area contributed by atoms with Gasteiger partial charge in [0.25, 0.3) is 0 Å². The van der Waals surface area contributed by atoms with Gasteiger partial charge in [-0.15, -0.1) is 0 Å². The Morgan fingerprint density at radius 3 is 2.81 bits per heavy atom. The third kappa shape index (κ3) is 3.20. The minimum absolute atomic E-state index is 0.139. The van der Waals surface area contributed by atoms with Crippen LogP contribution in [0.1, 0.15) is 31.4 Å². The van der Waals surface area contributed by atoms with Crippen LogP contribution in [0, 0.1) is 0 Å². The molecule has 2 saturated heterocycles. The van der Waals surface area contributed by atoms with Gasteiger partial charge < -0.3 is 16.0 Å². The molecule has 0 aliphatic carbocycles. The van der Waals surface area contributed by atoms with Gasteiger partial charge in [0.15, 0.2) is 5.69 Å². The molecule has 116 valence electrons. The summed E-state index contributed by atoms with van der Waals surface area (Å²) < 4.78 is 38.2. The van der Waals surface area contributed by atoms with E-state index >= 15 is 0 Å². The van der Waals surface area contributed by atoms with E-state index in [-0.39, 0.29) is 17.8 Å². The van der Waals surface area contributed by atoms with E-state index in [2.05, 4.69) is 20.2 Å². The number of hydrogen-bond acceptors (Lipinski definition) is 5. The molecule has 3 heterocycles. The molecule has 3 N–H and O–H groups in total. The molecule has 21 heavy (non-hydrogen) atoms. The second kappa shape index (κ2) is 5.32. The highest BCUT2D eigenvalue weighted by Crippen LogP contribution is 2.31. The van der Waals surface area contributed by atoms with Crippen molar-refractivity contribution >= 4 is 11.8 Å². The predicted octanol–water partition coefficient (Wildman–Crippen LogP) is 2.12. The van der Waals surface area contributed by atoms with Gasteiger partial charge in [0, 0.05) is 24.7 Å². The molecule has 2 atom stereocenters. The molecule has 2 unspecified atom stereocenters. The summed E-state index contributed by atoms with van der Waals surface area (Å²) >= 11 is 0. The van der Waals surface area contributed by atoms with Gasteiger partial charge in [-0.25, -0.2) is 4.98 Å². The van der Waals surface area contributed by atoms with Gasteiger partial charge in [0.1, 0.15) is 5.82 Å². The summed E-state index contributed by atoms with van der Waals surface area (Å²) in [7, 11) is 0. The van der Waals surface area contributed by atoms with Crippen LogP contribution in [0.3, 0.4) is 0 Å². The van der Waals surface area contributed by atoms with Crippen LogP contribution in [0.4, 0.5) is 24.9 Å². The van der Waals surface area contributed by atoms with Crippen molar-refractivity contribution in [3.05, 3.63) is 11.8 Å². The quantitative estimate of drug-likeness (QED) is 0.876. The third-order valence-electron chi connectivity index (χ3n) is 4.21. The van der Waals surface area contributed by atoms with E-state index in [1.54, 1.807) is 0 Å². The van der Waals surface area contributed by atoms with Crippen LogP contribution in [-0.2, 0) is 6.18 Å². The maximum Gasteiger partial charge on any atom is 0.433 e. The summed E-state index contributed by atoms with van der Waals surface area (Å²) in [4.78, 5) is 9.57. The van der Waals surface area contributed by atoms with Crippen LogP contribution in [0.2, 0.25) is 0 Å². The first-order valence-corrected chi connectivity index (χ1v) is 7.14. The van der Waals surface area contributed by atoms with Crippen LogP contribution in [0.15, 0.2) is 6.07 Å². The molecule has 3 rings (SSSR count). The first kappa shape index (κ1) is 14.4. The Kier molecular flexibility index (Phi) is 3.64. The van der Waals surface area contributed by atoms with Crippen molar-refractivity contribution in [2.24, 2.45) is 0 Å². The molecule has 0 radical (unpaired) electrons. The summed E-state index contributed by atoms with van der Waals surface area (Å²) in [6.07, 6.45) is -0.302. The smallest absolute Gasteiger partial charge is 0.368 e. The van der Waals surface area contributed by atoms with E-state index in [4.69, 9.17) is 5.73 Å². The molecule has 5 nitrogen and oxygen atoms in total. The lowest BCUT2D eigenvalue weighted by Crippen LogP contribution is -2.42. The topological polar surface area (TPSA) is 67.1 Å². The van der Waals surface area contributed by atoms with Gasteiger partial charge in [0.2, 0.25) is 5.95 Å². The Balaban J connectivity index is 1.71. The Morgan fingerprint density at radius 1 is 1.24 bits per heavy atom. The van der Waals surface area contributed by atoms with Crippen LogP contribution in [-0.4, -0.2) is 40.0 Å². The van der Waals surface area contributed by atoms with Crippen molar-refractivity contribution in [1.82, 2.24) is 14.9 Å². The highest BCUT2D eigenvalue weighted by Gasteiger charge is 2.35. The zero-order valence-corrected chi connectivity index (χ0v) is 11.5. The van der Waals surface area contributed by atoms with Crippen molar-refractivity contribution in [2.75, 3.05) is 24.1 Å². The molecule has 0 spiro atoms. The molecule has 0 saturated carbocycles. The van der Waals surface area contributed by atoms with Crippen molar-refractivity contribution in [3.63, 3.8) is 0 Å². The SMILES string of the molecule is Nc1nc(NC2CCN3CCCC3C2)cc(C(F)(F)F)n1. The number of halogens is 3. The summed E-state index contributed by atoms with van der Waals surface area (Å²) in [5.74, 6) is -0.197. The highest BCUT2D eigenvalue weighted by molar-refractivity contribution is 5.42. The number of alkyl halides is 3. The van der Waals surface area contributed by atoms with Gasteiger partial charge in [-0.05, 0) is 32.2 Å². The summed E-state index contributed by atoms with van der Waals surface area (Å²) in [6, 6.07) is 1.61. The fourth-order valence-electron chi connectivity index (χ4n) is 3.25. The fraction of sp³-hybridized carbons (Fsp3) is 0.692. The lowest BCUT2D eigenvalue weighted by molar-refractivity contribution is -0.141. The monoisotopic (exact) mass is 301 g/mol. The molecule has 2 aliphatic rings. The molecular weight excluding hydrogens is 283 g/mol. The van der Waals surface area contributed by atoms with Gasteiger partial charge in [-0.1, -0.05) is 0 Å². The maximum atomic E-state index is 12.7. The number of hydrogen-bond donors (Lipinski definition) is 2. The second-order valence-electron chi connectivity index (χ2n) is 5.69. The van der Waals surface area contributed by atoms with E-state index in [1.165, 1.54) is 6.42 Å². The maximum absolute atomic E-state index is 12.7. The second-order valence-corrected chi connectivity index (χ2v) is 5.69. The Bertz CT molecular complexity index is 519. The van der Waals surface area contributed by atoms with Crippen molar-refractivity contribution < 1.29 is 13.2 Å². The molecule has 1 aromatic heterocycles. The number of rotatable bonds is 2. The van der Waals surface area contributed by atoms with Gasteiger partial charge in [0.05, 0.1) is 0 Å². The Morgan fingerprint density at radius 2 is 2.05 bits per heavy atom. The molecular formula is C13H18F3N5. The van der Waals surface area contributed by atoms with E-state index in [9.17, 15) is 13.2 Å². The zero-order chi connectivity index (χ0) is 15.0. The standard InChI is InChI=1S/C13H18F3N5/c14-13(15,16)10-7-11(20-12(17)19-10)18-8-3-5-21-4-1-2-9(21)6-8/h7-9H,1-6H2,(H3,17,18,19,20). The molecule has 1 aromatic rings. The molecule has 0 aromatic carbocycles. The zero-order valence-electron chi connectivity index (χ0n) is 11.5. The molecule has 2 aliphatic heterocycles. The number of fused-ring (bicyclic) bond motifs is 1. The van der Waals surface area contributed by atoms with E-state index < -0.39 is 11.9 Å². The average Bonchev–Trinajstić information content (AvgIpc) is 2.84. The van der Waals surface area contributed by atoms with Gasteiger partial charge in [-0.3, -0.25) is 0 Å². The summed E-state index contributed by atoms with van der Waals surface area (Å²) in [6.45, 7) is 2.12. The normalized spacial score (nSPS) is 26.6. The van der Waals surface area contributed by atoms with E-state index in [0.717, 1.165) is 38.4 Å². The fourth-order valence-corrected chi connectivity index (χ4v) is 3.25. The third-order valence-corrected chi connectivity index (χ3v) is 4.21. The molecule has 2 fully saturated rings. The number of nitrogens with two attached hydrogens (primary N) is 1. The highest BCUT2D eigenvalue weighted by atomic mass is 19.4. The number of nitrogen functional groups attached to an aromatic ring is 1. The minimum atomic E-state index is -4.51. The number of aromatic nitrogens is 2. The van der Waals surface area contributed by atoms with Crippen molar-refractivity contribution in [1.29, 1.82) is 0 Å². The van der Waals surface area contributed by atoms with Gasteiger partial charge >= 0.3 is 6.18 Å².